The first kappa shape index (κ1) is 14.7. The molecule has 0 saturated carbocycles. The maximum atomic E-state index is 4.32. The Balaban J connectivity index is 1.82. The Morgan fingerprint density at radius 3 is 2.32 bits per heavy atom. The number of rotatable bonds is 5. The molecular formula is C14H23BrN4. The highest BCUT2D eigenvalue weighted by molar-refractivity contribution is 9.09. The number of anilines is 1. The van der Waals surface area contributed by atoms with Crippen LogP contribution < -0.4 is 4.90 Å². The summed E-state index contributed by atoms with van der Waals surface area (Å²) in [5.74, 6) is 2.33. The van der Waals surface area contributed by atoms with Gasteiger partial charge in [0.05, 0.1) is 0 Å². The minimum atomic E-state index is 0.731. The molecule has 0 N–H and O–H groups in total. The lowest BCUT2D eigenvalue weighted by Crippen LogP contribution is -2.48. The second-order valence-corrected chi connectivity index (χ2v) is 6.14. The van der Waals surface area contributed by atoms with E-state index in [-0.39, 0.29) is 0 Å². The van der Waals surface area contributed by atoms with Gasteiger partial charge in [0.15, 0.2) is 0 Å². The third-order valence-corrected chi connectivity index (χ3v) is 4.67. The molecule has 0 spiro atoms. The van der Waals surface area contributed by atoms with Crippen molar-refractivity contribution in [1.29, 1.82) is 0 Å². The second-order valence-electron chi connectivity index (χ2n) is 5.49. The van der Waals surface area contributed by atoms with Crippen molar-refractivity contribution in [3.8, 4) is 0 Å². The van der Waals surface area contributed by atoms with Crippen molar-refractivity contribution in [1.82, 2.24) is 14.9 Å². The van der Waals surface area contributed by atoms with Crippen LogP contribution in [0.2, 0.25) is 0 Å². The molecule has 1 aromatic rings. The van der Waals surface area contributed by atoms with Gasteiger partial charge < -0.3 is 4.90 Å². The normalized spacial score (nSPS) is 18.8. The lowest BCUT2D eigenvalue weighted by Gasteiger charge is -2.36. The SMILES string of the molecule is CC(C)C(CBr)CN1CCN(c2ncccn2)CC1. The maximum absolute atomic E-state index is 4.32. The molecule has 19 heavy (non-hydrogen) atoms. The Labute approximate surface area is 124 Å². The van der Waals surface area contributed by atoms with Gasteiger partial charge in [-0.1, -0.05) is 29.8 Å². The summed E-state index contributed by atoms with van der Waals surface area (Å²) in [6.45, 7) is 10.1. The van der Waals surface area contributed by atoms with Gasteiger partial charge in [0.1, 0.15) is 0 Å². The Kier molecular flexibility index (Phi) is 5.58. The van der Waals surface area contributed by atoms with E-state index < -0.39 is 0 Å². The molecule has 1 atom stereocenters. The minimum absolute atomic E-state index is 0.731. The molecule has 1 unspecified atom stereocenters. The molecule has 0 bridgehead atoms. The van der Waals surface area contributed by atoms with E-state index in [1.54, 1.807) is 0 Å². The predicted molar refractivity (Wildman–Crippen MR) is 82.8 cm³/mol. The van der Waals surface area contributed by atoms with E-state index in [9.17, 15) is 0 Å². The number of halogens is 1. The fourth-order valence-electron chi connectivity index (χ4n) is 2.35. The van der Waals surface area contributed by atoms with Crippen molar-refractivity contribution < 1.29 is 0 Å². The van der Waals surface area contributed by atoms with E-state index in [2.05, 4.69) is 49.5 Å². The molecule has 0 aromatic carbocycles. The van der Waals surface area contributed by atoms with Crippen LogP contribution in [-0.2, 0) is 0 Å². The molecule has 4 nitrogen and oxygen atoms in total. The smallest absolute Gasteiger partial charge is 0.225 e. The molecule has 0 amide bonds. The first-order chi connectivity index (χ1) is 9.20. The summed E-state index contributed by atoms with van der Waals surface area (Å²) in [5, 5.41) is 1.09. The highest BCUT2D eigenvalue weighted by atomic mass is 79.9. The molecule has 2 heterocycles. The minimum Gasteiger partial charge on any atom is -0.338 e. The van der Waals surface area contributed by atoms with Gasteiger partial charge in [0.2, 0.25) is 5.95 Å². The van der Waals surface area contributed by atoms with Crippen LogP contribution in [0.25, 0.3) is 0 Å². The topological polar surface area (TPSA) is 32.3 Å². The van der Waals surface area contributed by atoms with Gasteiger partial charge >= 0.3 is 0 Å². The molecule has 1 aliphatic rings. The lowest BCUT2D eigenvalue weighted by atomic mass is 9.97. The third-order valence-electron chi connectivity index (χ3n) is 3.84. The quantitative estimate of drug-likeness (QED) is 0.777. The zero-order valence-electron chi connectivity index (χ0n) is 11.8. The van der Waals surface area contributed by atoms with Crippen LogP contribution in [0.1, 0.15) is 13.8 Å². The highest BCUT2D eigenvalue weighted by Gasteiger charge is 2.22. The third kappa shape index (κ3) is 4.14. The van der Waals surface area contributed by atoms with E-state index in [0.717, 1.165) is 49.3 Å². The number of hydrogen-bond acceptors (Lipinski definition) is 4. The average molecular weight is 327 g/mol. The van der Waals surface area contributed by atoms with Gasteiger partial charge in [-0.15, -0.1) is 0 Å². The molecule has 106 valence electrons. The van der Waals surface area contributed by atoms with Crippen LogP contribution in [0.5, 0.6) is 0 Å². The first-order valence-corrected chi connectivity index (χ1v) is 8.13. The van der Waals surface area contributed by atoms with E-state index >= 15 is 0 Å². The summed E-state index contributed by atoms with van der Waals surface area (Å²) in [5.41, 5.74) is 0. The van der Waals surface area contributed by atoms with Crippen LogP contribution in [0.4, 0.5) is 5.95 Å². The Hall–Kier alpha value is -0.680. The Morgan fingerprint density at radius 1 is 1.16 bits per heavy atom. The summed E-state index contributed by atoms with van der Waals surface area (Å²) >= 11 is 3.63. The molecule has 1 saturated heterocycles. The molecule has 5 heteroatoms. The van der Waals surface area contributed by atoms with Crippen LogP contribution in [0, 0.1) is 11.8 Å². The van der Waals surface area contributed by atoms with Crippen LogP contribution in [0.3, 0.4) is 0 Å². The Bertz CT molecular complexity index is 363. The van der Waals surface area contributed by atoms with Gasteiger partial charge in [0, 0.05) is 50.4 Å². The van der Waals surface area contributed by atoms with Gasteiger partial charge in [-0.25, -0.2) is 9.97 Å². The van der Waals surface area contributed by atoms with Crippen LogP contribution in [0.15, 0.2) is 18.5 Å². The van der Waals surface area contributed by atoms with Gasteiger partial charge in [-0.3, -0.25) is 4.90 Å². The molecule has 2 rings (SSSR count). The van der Waals surface area contributed by atoms with Crippen LogP contribution in [-0.4, -0.2) is 52.9 Å². The molecule has 0 radical (unpaired) electrons. The number of piperazine rings is 1. The van der Waals surface area contributed by atoms with E-state index in [1.165, 1.54) is 6.54 Å². The van der Waals surface area contributed by atoms with Gasteiger partial charge in [-0.2, -0.15) is 0 Å². The van der Waals surface area contributed by atoms with E-state index in [1.807, 2.05) is 18.5 Å². The largest absolute Gasteiger partial charge is 0.338 e. The summed E-state index contributed by atoms with van der Waals surface area (Å²) < 4.78 is 0. The summed E-state index contributed by atoms with van der Waals surface area (Å²) in [6.07, 6.45) is 3.63. The average Bonchev–Trinajstić information content (AvgIpc) is 2.46. The molecule has 1 aromatic heterocycles. The fourth-order valence-corrected chi connectivity index (χ4v) is 3.31. The maximum Gasteiger partial charge on any atom is 0.225 e. The number of hydrogen-bond donors (Lipinski definition) is 0. The van der Waals surface area contributed by atoms with Crippen molar-refractivity contribution in [2.45, 2.75) is 13.8 Å². The van der Waals surface area contributed by atoms with Gasteiger partial charge in [0.25, 0.3) is 0 Å². The molecule has 1 aliphatic heterocycles. The van der Waals surface area contributed by atoms with Crippen LogP contribution >= 0.6 is 15.9 Å². The summed E-state index contributed by atoms with van der Waals surface area (Å²) in [6, 6.07) is 1.86. The summed E-state index contributed by atoms with van der Waals surface area (Å²) in [4.78, 5) is 13.5. The standard InChI is InChI=1S/C14H23BrN4/c1-12(2)13(10-15)11-18-6-8-19(9-7-18)14-16-4-3-5-17-14/h3-5,12-13H,6-11H2,1-2H3. The zero-order chi connectivity index (χ0) is 13.7. The number of alkyl halides is 1. The first-order valence-electron chi connectivity index (χ1n) is 7.01. The fraction of sp³-hybridized carbons (Fsp3) is 0.714. The second kappa shape index (κ2) is 7.20. The van der Waals surface area contributed by atoms with Crippen molar-refractivity contribution >= 4 is 21.9 Å². The van der Waals surface area contributed by atoms with Crippen molar-refractivity contribution in [2.75, 3.05) is 43.0 Å². The van der Waals surface area contributed by atoms with E-state index in [0.29, 0.717) is 0 Å². The van der Waals surface area contributed by atoms with Crippen molar-refractivity contribution in [3.63, 3.8) is 0 Å². The van der Waals surface area contributed by atoms with Crippen molar-refractivity contribution in [3.05, 3.63) is 18.5 Å². The summed E-state index contributed by atoms with van der Waals surface area (Å²) in [7, 11) is 0. The predicted octanol–water partition coefficient (Wildman–Crippen LogP) is 2.27. The highest BCUT2D eigenvalue weighted by Crippen LogP contribution is 2.17. The molecule has 1 fully saturated rings. The molecular weight excluding hydrogens is 304 g/mol. The number of nitrogens with zero attached hydrogens (tertiary/aromatic N) is 4. The Morgan fingerprint density at radius 2 is 1.79 bits per heavy atom. The van der Waals surface area contributed by atoms with Crippen molar-refractivity contribution in [2.24, 2.45) is 11.8 Å². The van der Waals surface area contributed by atoms with E-state index in [4.69, 9.17) is 0 Å². The number of aromatic nitrogens is 2. The van der Waals surface area contributed by atoms with Gasteiger partial charge in [-0.05, 0) is 17.9 Å². The monoisotopic (exact) mass is 326 g/mol. The lowest BCUT2D eigenvalue weighted by molar-refractivity contribution is 0.204. The molecule has 0 aliphatic carbocycles. The zero-order valence-corrected chi connectivity index (χ0v) is 13.4.